The zero-order chi connectivity index (χ0) is 16.9. The van der Waals surface area contributed by atoms with Gasteiger partial charge in [0.15, 0.2) is 0 Å². The average Bonchev–Trinajstić information content (AvgIpc) is 3.02. The van der Waals surface area contributed by atoms with E-state index in [9.17, 15) is 0 Å². The predicted octanol–water partition coefficient (Wildman–Crippen LogP) is 2.81. The Bertz CT molecular complexity index is 775. The number of furan rings is 1. The lowest BCUT2D eigenvalue weighted by Gasteiger charge is -2.08. The van der Waals surface area contributed by atoms with Crippen LogP contribution in [-0.2, 0) is 22.6 Å². The van der Waals surface area contributed by atoms with Gasteiger partial charge in [0.1, 0.15) is 11.2 Å². The summed E-state index contributed by atoms with van der Waals surface area (Å²) in [6.45, 7) is 5.79. The van der Waals surface area contributed by atoms with E-state index in [0.29, 0.717) is 26.4 Å². The van der Waals surface area contributed by atoms with Crippen molar-refractivity contribution >= 4 is 21.9 Å². The molecule has 5 heteroatoms. The topological polar surface area (TPSA) is 55.7 Å². The van der Waals surface area contributed by atoms with Crippen LogP contribution in [0.2, 0.25) is 0 Å². The van der Waals surface area contributed by atoms with E-state index in [-0.39, 0.29) is 0 Å². The van der Waals surface area contributed by atoms with Crippen LogP contribution in [0.1, 0.15) is 11.1 Å². The molecule has 0 saturated carbocycles. The van der Waals surface area contributed by atoms with E-state index in [1.54, 1.807) is 0 Å². The third-order valence-corrected chi connectivity index (χ3v) is 4.54. The maximum Gasteiger partial charge on any atom is 0.139 e. The molecule has 0 spiro atoms. The summed E-state index contributed by atoms with van der Waals surface area (Å²) in [5.41, 5.74) is 4.32. The van der Waals surface area contributed by atoms with Gasteiger partial charge in [-0.25, -0.2) is 0 Å². The van der Waals surface area contributed by atoms with Crippen molar-refractivity contribution < 1.29 is 13.9 Å². The van der Waals surface area contributed by atoms with Gasteiger partial charge in [0.2, 0.25) is 0 Å². The number of fused-ring (bicyclic) bond motifs is 1. The minimum Gasteiger partial charge on any atom is -0.455 e. The highest BCUT2D eigenvalue weighted by atomic mass is 16.5. The number of rotatable bonds is 0. The number of hydrogen-bond acceptors (Lipinski definition) is 5. The van der Waals surface area contributed by atoms with Crippen LogP contribution in [0.3, 0.4) is 0 Å². The molecular weight excluding hydrogens is 316 g/mol. The molecule has 25 heavy (non-hydrogen) atoms. The molecule has 5 nitrogen and oxygen atoms in total. The van der Waals surface area contributed by atoms with Crippen molar-refractivity contribution in [3.63, 3.8) is 0 Å². The Morgan fingerprint density at radius 3 is 1.68 bits per heavy atom. The monoisotopic (exact) mass is 340 g/mol. The van der Waals surface area contributed by atoms with Gasteiger partial charge in [0.05, 0.1) is 26.4 Å². The Morgan fingerprint density at radius 1 is 0.640 bits per heavy atom. The molecule has 0 atom stereocenters. The van der Waals surface area contributed by atoms with Crippen LogP contribution in [0.4, 0.5) is 0 Å². The fraction of sp³-hybridized carbons (Fsp3) is 0.400. The van der Waals surface area contributed by atoms with Crippen molar-refractivity contribution in [2.24, 2.45) is 0 Å². The predicted molar refractivity (Wildman–Crippen MR) is 98.8 cm³/mol. The van der Waals surface area contributed by atoms with Gasteiger partial charge in [-0.1, -0.05) is 36.4 Å². The van der Waals surface area contributed by atoms with Crippen molar-refractivity contribution in [1.82, 2.24) is 10.6 Å². The van der Waals surface area contributed by atoms with Crippen LogP contribution < -0.4 is 10.6 Å². The lowest BCUT2D eigenvalue weighted by Crippen LogP contribution is -2.22. The molecule has 0 radical (unpaired) electrons. The van der Waals surface area contributed by atoms with Crippen LogP contribution in [0, 0.1) is 0 Å². The van der Waals surface area contributed by atoms with Crippen LogP contribution in [-0.4, -0.2) is 39.5 Å². The second-order valence-electron chi connectivity index (χ2n) is 6.27. The fourth-order valence-electron chi connectivity index (χ4n) is 3.27. The molecule has 2 heterocycles. The highest BCUT2D eigenvalue weighted by Gasteiger charge is 2.13. The number of ether oxygens (including phenoxy) is 2. The third kappa shape index (κ3) is 3.70. The Morgan fingerprint density at radius 2 is 1.16 bits per heavy atom. The van der Waals surface area contributed by atoms with E-state index in [1.165, 1.54) is 21.9 Å². The first-order valence-corrected chi connectivity index (χ1v) is 8.92. The Labute approximate surface area is 147 Å². The summed E-state index contributed by atoms with van der Waals surface area (Å²) in [5.74, 6) is 0. The second-order valence-corrected chi connectivity index (χ2v) is 6.27. The minimum atomic E-state index is 0.637. The van der Waals surface area contributed by atoms with Crippen LogP contribution in [0.25, 0.3) is 21.9 Å². The molecule has 0 amide bonds. The zero-order valence-electron chi connectivity index (χ0n) is 14.3. The van der Waals surface area contributed by atoms with Crippen molar-refractivity contribution in [3.8, 4) is 0 Å². The highest BCUT2D eigenvalue weighted by Crippen LogP contribution is 2.32. The summed E-state index contributed by atoms with van der Waals surface area (Å²) in [4.78, 5) is 0. The molecule has 2 N–H and O–H groups in total. The van der Waals surface area contributed by atoms with Crippen molar-refractivity contribution in [2.75, 3.05) is 39.5 Å². The van der Waals surface area contributed by atoms with Gasteiger partial charge >= 0.3 is 0 Å². The maximum atomic E-state index is 6.30. The quantitative estimate of drug-likeness (QED) is 0.659. The molecule has 0 unspecified atom stereocenters. The van der Waals surface area contributed by atoms with Crippen LogP contribution in [0.15, 0.2) is 40.8 Å². The van der Waals surface area contributed by atoms with Crippen molar-refractivity contribution in [2.45, 2.75) is 13.1 Å². The second kappa shape index (κ2) is 7.97. The molecule has 1 aromatic heterocycles. The van der Waals surface area contributed by atoms with E-state index < -0.39 is 0 Å². The number of para-hydroxylation sites is 2. The summed E-state index contributed by atoms with van der Waals surface area (Å²) in [6.07, 6.45) is 0. The SMILES string of the molecule is c1cc2c3oc4c(cccc4c3c1)CNCCOCCOCCNC2. The molecule has 2 bridgehead atoms. The molecule has 3 aromatic rings. The van der Waals surface area contributed by atoms with Gasteiger partial charge in [-0.3, -0.25) is 0 Å². The third-order valence-electron chi connectivity index (χ3n) is 4.54. The van der Waals surface area contributed by atoms with Crippen LogP contribution in [0.5, 0.6) is 0 Å². The summed E-state index contributed by atoms with van der Waals surface area (Å²) in [7, 11) is 0. The molecule has 1 aliphatic rings. The molecule has 1 aliphatic heterocycles. The van der Waals surface area contributed by atoms with E-state index in [0.717, 1.165) is 37.3 Å². The molecule has 0 fully saturated rings. The van der Waals surface area contributed by atoms with E-state index in [2.05, 4.69) is 47.0 Å². The largest absolute Gasteiger partial charge is 0.455 e. The van der Waals surface area contributed by atoms with Crippen molar-refractivity contribution in [1.29, 1.82) is 0 Å². The average molecular weight is 340 g/mol. The normalized spacial score (nSPS) is 18.1. The first-order chi connectivity index (χ1) is 12.4. The summed E-state index contributed by atoms with van der Waals surface area (Å²) in [5, 5.41) is 9.22. The van der Waals surface area contributed by atoms with E-state index in [4.69, 9.17) is 13.9 Å². The van der Waals surface area contributed by atoms with Gasteiger partial charge in [0, 0.05) is 48.1 Å². The van der Waals surface area contributed by atoms with Crippen molar-refractivity contribution in [3.05, 3.63) is 47.5 Å². The zero-order valence-corrected chi connectivity index (χ0v) is 14.3. The van der Waals surface area contributed by atoms with Gasteiger partial charge in [0.25, 0.3) is 0 Å². The summed E-state index contributed by atoms with van der Waals surface area (Å²) < 4.78 is 17.4. The Kier molecular flexibility index (Phi) is 5.28. The molecular formula is C20H24N2O3. The first kappa shape index (κ1) is 16.5. The molecule has 0 saturated heterocycles. The number of nitrogens with one attached hydrogen (secondary N) is 2. The van der Waals surface area contributed by atoms with Crippen LogP contribution >= 0.6 is 0 Å². The highest BCUT2D eigenvalue weighted by molar-refractivity contribution is 6.06. The lowest BCUT2D eigenvalue weighted by molar-refractivity contribution is 0.0498. The standard InChI is InChI=1S/C20H24N2O3/c1-3-15-13-21-7-9-23-11-12-24-10-8-22-14-16-4-2-6-18-17(5-1)19(15)25-20(16)18/h1-6,21-22H,7-14H2. The van der Waals surface area contributed by atoms with Gasteiger partial charge < -0.3 is 24.5 Å². The fourth-order valence-corrected chi connectivity index (χ4v) is 3.27. The maximum absolute atomic E-state index is 6.30. The van der Waals surface area contributed by atoms with Gasteiger partial charge in [-0.05, 0) is 0 Å². The van der Waals surface area contributed by atoms with E-state index in [1.807, 2.05) is 0 Å². The minimum absolute atomic E-state index is 0.637. The Balaban J connectivity index is 1.69. The molecule has 4 rings (SSSR count). The summed E-state index contributed by atoms with van der Waals surface area (Å²) >= 11 is 0. The number of benzene rings is 2. The first-order valence-electron chi connectivity index (χ1n) is 8.92. The Hall–Kier alpha value is -1.92. The summed E-state index contributed by atoms with van der Waals surface area (Å²) in [6, 6.07) is 12.7. The smallest absolute Gasteiger partial charge is 0.139 e. The number of hydrogen-bond donors (Lipinski definition) is 2. The van der Waals surface area contributed by atoms with Gasteiger partial charge in [-0.15, -0.1) is 0 Å². The molecule has 2 aromatic carbocycles. The van der Waals surface area contributed by atoms with Gasteiger partial charge in [-0.2, -0.15) is 0 Å². The lowest BCUT2D eigenvalue weighted by atomic mass is 10.1. The molecule has 132 valence electrons. The molecule has 0 aliphatic carbocycles. The van der Waals surface area contributed by atoms with E-state index >= 15 is 0 Å².